The van der Waals surface area contributed by atoms with E-state index in [4.69, 9.17) is 24.2 Å². The molecule has 2 aliphatic heterocycles. The second-order valence-electron chi connectivity index (χ2n) is 17.5. The maximum absolute atomic E-state index is 14.9. The van der Waals surface area contributed by atoms with E-state index in [1.807, 2.05) is 36.6 Å². The average molecular weight is 905 g/mol. The van der Waals surface area contributed by atoms with Crippen LogP contribution in [-0.2, 0) is 29.1 Å². The third-order valence-electron chi connectivity index (χ3n) is 12.6. The number of likely N-dealkylation sites (tertiary alicyclic amines) is 2. The van der Waals surface area contributed by atoms with E-state index >= 15 is 0 Å². The Balaban J connectivity index is 1.22. The van der Waals surface area contributed by atoms with Crippen LogP contribution in [0.5, 0.6) is 11.5 Å². The minimum atomic E-state index is -3.93. The lowest BCUT2D eigenvalue weighted by molar-refractivity contribution is -0.146. The Morgan fingerprint density at radius 3 is 2.46 bits per heavy atom. The Labute approximate surface area is 374 Å². The van der Waals surface area contributed by atoms with Crippen LogP contribution < -0.4 is 19.5 Å². The minimum absolute atomic E-state index is 0.0174. The molecule has 4 aliphatic rings. The van der Waals surface area contributed by atoms with Gasteiger partial charge in [-0.2, -0.15) is 0 Å². The summed E-state index contributed by atoms with van der Waals surface area (Å²) in [6.07, 6.45) is 7.86. The van der Waals surface area contributed by atoms with Crippen molar-refractivity contribution in [3.8, 4) is 22.2 Å². The fourth-order valence-corrected chi connectivity index (χ4v) is 10.8. The zero-order chi connectivity index (χ0) is 45.1. The molecule has 2 N–H and O–H groups in total. The summed E-state index contributed by atoms with van der Waals surface area (Å²) in [4.78, 5) is 69.7. The van der Waals surface area contributed by atoms with Crippen LogP contribution in [-0.4, -0.2) is 108 Å². The van der Waals surface area contributed by atoms with Gasteiger partial charge in [0.1, 0.15) is 39.9 Å². The fourth-order valence-electron chi connectivity index (χ4n) is 8.54. The molecule has 0 spiro atoms. The molecule has 3 aromatic rings. The summed E-state index contributed by atoms with van der Waals surface area (Å²) >= 11 is 1.47. The number of carbonyl (C=O) groups is 4. The first-order chi connectivity index (χ1) is 30.2. The number of hydrogen-bond acceptors (Lipinski definition) is 12. The van der Waals surface area contributed by atoms with Gasteiger partial charge in [-0.1, -0.05) is 32.4 Å². The van der Waals surface area contributed by atoms with Crippen LogP contribution in [0.15, 0.2) is 48.9 Å². The maximum Gasteiger partial charge on any atom is 0.410 e. The fraction of sp³-hybridized carbons (Fsp3) is 0.565. The number of nitrogens with one attached hydrogen (secondary N) is 2. The normalized spacial score (nSPS) is 22.7. The molecule has 5 atom stereocenters. The number of rotatable bonds is 19. The van der Waals surface area contributed by atoms with E-state index in [2.05, 4.69) is 37.0 Å². The molecule has 2 saturated heterocycles. The third kappa shape index (κ3) is 10.2. The molecule has 1 aromatic carbocycles. The third-order valence-corrected chi connectivity index (χ3v) is 15.3. The number of allylic oxidation sites excluding steroid dienone is 1. The van der Waals surface area contributed by atoms with E-state index in [1.54, 1.807) is 12.0 Å². The number of unbranched alkanes of at least 4 members (excludes halogenated alkanes) is 3. The summed E-state index contributed by atoms with van der Waals surface area (Å²) in [5.74, 6) is -1.27. The van der Waals surface area contributed by atoms with Crippen LogP contribution in [0, 0.1) is 12.8 Å². The first kappa shape index (κ1) is 46.0. The van der Waals surface area contributed by atoms with Crippen molar-refractivity contribution in [3.05, 3.63) is 60.1 Å². The SMILES string of the molecule is C=CCCCCCC(OC(=O)N1CCCCC1)C(=O)N1C[C@H](Oc2cc(-c3nc(C(C)C)cs3)nc3c(C)c(OC)ccc23)C[C@H]1C(=O)N[C@]1(C(=O)NS(=O)(=O)C2CC2)C[C@H]1C=C. The molecule has 4 amide bonds. The number of piperidine rings is 1. The van der Waals surface area contributed by atoms with E-state index < -0.39 is 68.8 Å². The number of fused-ring (bicyclic) bond motifs is 1. The standard InChI is InChI=1S/C46H60N6O9S2/c1-7-9-10-11-13-16-38(61-45(56)51-21-14-12-15-22-51)43(54)52-26-31(23-36(52)41(53)49-46(25-30(46)8-2)44(55)50-63(57,58)32-17-18-32)60-39-24-34(42-48-35(27-62-42)28(3)4)47-40-29(5)37(59-6)20-19-33(39)40/h7-8,19-20,24,27-28,30-32,36,38H,1-2,9-18,21-23,25-26H2,3-6H3,(H,49,53)(H,50,55)/t30-,31-,36+,38?,46-/m1/s1. The van der Waals surface area contributed by atoms with Crippen LogP contribution in [0.3, 0.4) is 0 Å². The molecule has 0 radical (unpaired) electrons. The molecule has 4 heterocycles. The van der Waals surface area contributed by atoms with Crippen LogP contribution in [0.2, 0.25) is 0 Å². The van der Waals surface area contributed by atoms with Gasteiger partial charge in [-0.05, 0) is 89.2 Å². The molecule has 4 fully saturated rings. The maximum atomic E-state index is 14.9. The van der Waals surface area contributed by atoms with Crippen molar-refractivity contribution in [2.24, 2.45) is 5.92 Å². The topological polar surface area (TPSA) is 186 Å². The van der Waals surface area contributed by atoms with Gasteiger partial charge < -0.3 is 29.3 Å². The first-order valence-corrected chi connectivity index (χ1v) is 24.6. The number of aromatic nitrogens is 2. The second-order valence-corrected chi connectivity index (χ2v) is 20.4. The summed E-state index contributed by atoms with van der Waals surface area (Å²) in [7, 11) is -2.33. The van der Waals surface area contributed by atoms with E-state index in [-0.39, 0.29) is 31.7 Å². The Hall–Kier alpha value is -5.03. The number of hydrogen-bond donors (Lipinski definition) is 2. The van der Waals surface area contributed by atoms with Crippen LogP contribution in [0.1, 0.15) is 108 Å². The molecule has 17 heteroatoms. The lowest BCUT2D eigenvalue weighted by Crippen LogP contribution is -2.57. The quantitative estimate of drug-likeness (QED) is 0.0938. The van der Waals surface area contributed by atoms with Crippen molar-refractivity contribution >= 4 is 56.1 Å². The monoisotopic (exact) mass is 904 g/mol. The van der Waals surface area contributed by atoms with Gasteiger partial charge in [-0.15, -0.1) is 24.5 Å². The first-order valence-electron chi connectivity index (χ1n) is 22.2. The van der Waals surface area contributed by atoms with Gasteiger partial charge in [0.15, 0.2) is 6.10 Å². The van der Waals surface area contributed by atoms with Gasteiger partial charge in [-0.3, -0.25) is 19.1 Å². The van der Waals surface area contributed by atoms with E-state index in [9.17, 15) is 27.6 Å². The Morgan fingerprint density at radius 2 is 1.81 bits per heavy atom. The highest BCUT2D eigenvalue weighted by Crippen LogP contribution is 2.46. The van der Waals surface area contributed by atoms with Gasteiger partial charge >= 0.3 is 6.09 Å². The zero-order valence-corrected chi connectivity index (χ0v) is 38.4. The number of aryl methyl sites for hydroxylation is 1. The summed E-state index contributed by atoms with van der Waals surface area (Å²) < 4.78 is 46.5. The lowest BCUT2D eigenvalue weighted by atomic mass is 10.1. The van der Waals surface area contributed by atoms with Crippen molar-refractivity contribution in [1.29, 1.82) is 0 Å². The smallest absolute Gasteiger partial charge is 0.410 e. The Kier molecular flexibility index (Phi) is 14.1. The molecule has 63 heavy (non-hydrogen) atoms. The minimum Gasteiger partial charge on any atom is -0.496 e. The van der Waals surface area contributed by atoms with E-state index in [1.165, 1.54) is 22.3 Å². The van der Waals surface area contributed by atoms with Crippen molar-refractivity contribution in [2.75, 3.05) is 26.7 Å². The number of sulfonamides is 1. The van der Waals surface area contributed by atoms with Gasteiger partial charge in [0, 0.05) is 47.8 Å². The summed E-state index contributed by atoms with van der Waals surface area (Å²) in [5.41, 5.74) is 1.38. The molecule has 2 aromatic heterocycles. The van der Waals surface area contributed by atoms with Crippen LogP contribution in [0.4, 0.5) is 4.79 Å². The summed E-state index contributed by atoms with van der Waals surface area (Å²) in [5, 5.41) is 5.61. The highest BCUT2D eigenvalue weighted by molar-refractivity contribution is 7.91. The van der Waals surface area contributed by atoms with E-state index in [0.29, 0.717) is 65.5 Å². The number of carbonyl (C=O) groups excluding carboxylic acids is 4. The molecule has 7 rings (SSSR count). The Bertz CT molecular complexity index is 2340. The number of amides is 4. The lowest BCUT2D eigenvalue weighted by Gasteiger charge is -2.31. The second kappa shape index (κ2) is 19.4. The van der Waals surface area contributed by atoms with E-state index in [0.717, 1.165) is 49.8 Å². The largest absolute Gasteiger partial charge is 0.496 e. The molecule has 340 valence electrons. The van der Waals surface area contributed by atoms with Gasteiger partial charge in [0.05, 0.1) is 30.1 Å². The molecule has 0 bridgehead atoms. The predicted molar refractivity (Wildman–Crippen MR) is 241 cm³/mol. The van der Waals surface area contributed by atoms with Gasteiger partial charge in [-0.25, -0.2) is 23.2 Å². The Morgan fingerprint density at radius 1 is 1.05 bits per heavy atom. The molecular formula is C46H60N6O9S2. The number of ether oxygens (including phenoxy) is 3. The van der Waals surface area contributed by atoms with Crippen molar-refractivity contribution in [3.63, 3.8) is 0 Å². The van der Waals surface area contributed by atoms with Crippen LogP contribution >= 0.6 is 11.3 Å². The van der Waals surface area contributed by atoms with Crippen molar-refractivity contribution in [2.45, 2.75) is 133 Å². The number of nitrogens with zero attached hydrogens (tertiary/aromatic N) is 4. The number of methoxy groups -OCH3 is 1. The van der Waals surface area contributed by atoms with Crippen LogP contribution in [0.25, 0.3) is 21.6 Å². The van der Waals surface area contributed by atoms with Crippen molar-refractivity contribution in [1.82, 2.24) is 29.8 Å². The predicted octanol–water partition coefficient (Wildman–Crippen LogP) is 6.94. The number of benzene rings is 1. The summed E-state index contributed by atoms with van der Waals surface area (Å²) in [6.45, 7) is 14.7. The molecule has 2 aliphatic carbocycles. The van der Waals surface area contributed by atoms with Gasteiger partial charge in [0.2, 0.25) is 15.9 Å². The molecule has 15 nitrogen and oxygen atoms in total. The molecule has 2 saturated carbocycles. The average Bonchev–Trinajstić information content (AvgIpc) is 4.15. The van der Waals surface area contributed by atoms with Gasteiger partial charge in [0.25, 0.3) is 11.8 Å². The summed E-state index contributed by atoms with van der Waals surface area (Å²) in [6, 6.07) is 4.35. The number of thiazole rings is 1. The number of pyridine rings is 1. The highest BCUT2D eigenvalue weighted by Gasteiger charge is 2.62. The highest BCUT2D eigenvalue weighted by atomic mass is 32.2. The molecule has 1 unspecified atom stereocenters. The van der Waals surface area contributed by atoms with Crippen molar-refractivity contribution < 1.29 is 41.8 Å². The zero-order valence-electron chi connectivity index (χ0n) is 36.7. The molecular weight excluding hydrogens is 845 g/mol.